The Bertz CT molecular complexity index is 954. The predicted molar refractivity (Wildman–Crippen MR) is 141 cm³/mol. The van der Waals surface area contributed by atoms with Crippen molar-refractivity contribution in [2.24, 2.45) is 0 Å². The summed E-state index contributed by atoms with van der Waals surface area (Å²) in [4.78, 5) is 17.9. The summed E-state index contributed by atoms with van der Waals surface area (Å²) >= 11 is 0. The molecule has 5 nitrogen and oxygen atoms in total. The summed E-state index contributed by atoms with van der Waals surface area (Å²) in [5.41, 5.74) is 3.77. The fourth-order valence-corrected chi connectivity index (χ4v) is 4.98. The van der Waals surface area contributed by atoms with E-state index in [0.29, 0.717) is 48.7 Å². The second-order valence-electron chi connectivity index (χ2n) is 10.3. The molecule has 0 radical (unpaired) electrons. The maximum Gasteiger partial charge on any atom is 0.228 e. The topological polar surface area (TPSA) is 42.0 Å². The van der Waals surface area contributed by atoms with E-state index in [1.807, 2.05) is 30.4 Å². The number of Topliss-reactive ketones (excluding diaryl/α,β-unsaturated/α-hetero) is 1. The second-order valence-corrected chi connectivity index (χ2v) is 10.3. The normalized spacial score (nSPS) is 15.4. The van der Waals surface area contributed by atoms with Crippen LogP contribution in [0, 0.1) is 0 Å². The molecule has 0 saturated heterocycles. The molecule has 0 aliphatic heterocycles. The van der Waals surface area contributed by atoms with Crippen molar-refractivity contribution in [3.05, 3.63) is 52.8 Å². The van der Waals surface area contributed by atoms with E-state index in [9.17, 15) is 4.79 Å². The number of nitrogens with zero attached hydrogens (tertiary/aromatic N) is 2. The number of rotatable bonds is 12. The van der Waals surface area contributed by atoms with Gasteiger partial charge in [-0.25, -0.2) is 0 Å². The van der Waals surface area contributed by atoms with Crippen LogP contribution >= 0.6 is 0 Å². The van der Waals surface area contributed by atoms with E-state index >= 15 is 0 Å². The van der Waals surface area contributed by atoms with Gasteiger partial charge in [-0.05, 0) is 102 Å². The molecule has 0 unspecified atom stereocenters. The van der Waals surface area contributed by atoms with Crippen molar-refractivity contribution in [2.45, 2.75) is 79.6 Å². The summed E-state index contributed by atoms with van der Waals surface area (Å²) in [6.45, 7) is 20.4. The van der Waals surface area contributed by atoms with Gasteiger partial charge in [0, 0.05) is 42.8 Å². The molecule has 2 aliphatic rings. The highest BCUT2D eigenvalue weighted by molar-refractivity contribution is 6.25. The second kappa shape index (κ2) is 11.4. The Kier molecular flexibility index (Phi) is 8.78. The van der Waals surface area contributed by atoms with Crippen molar-refractivity contribution in [1.82, 2.24) is 9.80 Å². The highest BCUT2D eigenvalue weighted by Gasteiger charge is 2.30. The van der Waals surface area contributed by atoms with Gasteiger partial charge in [-0.15, -0.1) is 0 Å². The van der Waals surface area contributed by atoms with Crippen LogP contribution in [0.15, 0.2) is 41.7 Å². The van der Waals surface area contributed by atoms with Crippen molar-refractivity contribution >= 4 is 17.4 Å². The van der Waals surface area contributed by atoms with Crippen LogP contribution in [0.3, 0.4) is 0 Å². The molecule has 0 aromatic heterocycles. The maximum absolute atomic E-state index is 13.1. The van der Waals surface area contributed by atoms with Crippen LogP contribution in [0.1, 0.15) is 66.5 Å². The van der Waals surface area contributed by atoms with Crippen LogP contribution in [-0.4, -0.2) is 66.1 Å². The van der Waals surface area contributed by atoms with Crippen LogP contribution in [0.4, 0.5) is 0 Å². The zero-order chi connectivity index (χ0) is 25.0. The first-order valence-electron chi connectivity index (χ1n) is 12.7. The average Bonchev–Trinajstić information content (AvgIpc) is 3.13. The molecule has 34 heavy (non-hydrogen) atoms. The minimum absolute atomic E-state index is 0.0404. The quantitative estimate of drug-likeness (QED) is 0.403. The van der Waals surface area contributed by atoms with Gasteiger partial charge < -0.3 is 9.47 Å². The number of ketones is 1. The largest absolute Gasteiger partial charge is 0.492 e. The van der Waals surface area contributed by atoms with Crippen LogP contribution in [0.25, 0.3) is 11.6 Å². The Hall–Kier alpha value is -2.37. The van der Waals surface area contributed by atoms with E-state index in [1.165, 1.54) is 0 Å². The van der Waals surface area contributed by atoms with Crippen molar-refractivity contribution in [3.8, 4) is 5.75 Å². The van der Waals surface area contributed by atoms with Crippen LogP contribution in [0.2, 0.25) is 0 Å². The molecule has 5 heteroatoms. The minimum Gasteiger partial charge on any atom is -0.492 e. The maximum atomic E-state index is 13.1. The third kappa shape index (κ3) is 6.00. The molecule has 1 aromatic carbocycles. The van der Waals surface area contributed by atoms with E-state index in [4.69, 9.17) is 9.47 Å². The standard InChI is InChI=1S/C29H42N2O3/c1-19(2)30(20(3)4)13-15-33-24-9-10-25-23(17-24)18-27-26(25)11-12-28(29(27)32)34-16-14-31(21(5)6)22(7)8/h9-12,17-22H,13-16H2,1-8H3. The van der Waals surface area contributed by atoms with Gasteiger partial charge in [0.25, 0.3) is 0 Å². The van der Waals surface area contributed by atoms with E-state index in [-0.39, 0.29) is 5.78 Å². The summed E-state index contributed by atoms with van der Waals surface area (Å²) in [6.07, 6.45) is 5.78. The third-order valence-electron chi connectivity index (χ3n) is 6.65. The highest BCUT2D eigenvalue weighted by atomic mass is 16.5. The van der Waals surface area contributed by atoms with E-state index < -0.39 is 0 Å². The molecule has 0 spiro atoms. The summed E-state index contributed by atoms with van der Waals surface area (Å²) in [5.74, 6) is 1.22. The third-order valence-corrected chi connectivity index (χ3v) is 6.65. The number of hydrogen-bond donors (Lipinski definition) is 0. The van der Waals surface area contributed by atoms with Gasteiger partial charge >= 0.3 is 0 Å². The van der Waals surface area contributed by atoms with Gasteiger partial charge in [-0.2, -0.15) is 0 Å². The summed E-state index contributed by atoms with van der Waals surface area (Å²) in [7, 11) is 0. The summed E-state index contributed by atoms with van der Waals surface area (Å²) < 4.78 is 12.0. The molecule has 0 fully saturated rings. The molecule has 0 heterocycles. The molecule has 0 N–H and O–H groups in total. The van der Waals surface area contributed by atoms with Gasteiger partial charge in [-0.3, -0.25) is 14.6 Å². The lowest BCUT2D eigenvalue weighted by Gasteiger charge is -2.30. The highest BCUT2D eigenvalue weighted by Crippen LogP contribution is 2.40. The number of hydrogen-bond acceptors (Lipinski definition) is 5. The van der Waals surface area contributed by atoms with Crippen molar-refractivity contribution in [3.63, 3.8) is 0 Å². The average molecular weight is 467 g/mol. The van der Waals surface area contributed by atoms with Gasteiger partial charge in [0.05, 0.1) is 0 Å². The first kappa shape index (κ1) is 26.2. The lowest BCUT2D eigenvalue weighted by Crippen LogP contribution is -2.39. The molecule has 186 valence electrons. The molecule has 1 aromatic rings. The molecule has 3 rings (SSSR count). The smallest absolute Gasteiger partial charge is 0.228 e. The first-order chi connectivity index (χ1) is 16.1. The van der Waals surface area contributed by atoms with Crippen LogP contribution in [0.5, 0.6) is 5.75 Å². The number of carbonyl (C=O) groups is 1. The zero-order valence-corrected chi connectivity index (χ0v) is 22.2. The Balaban J connectivity index is 1.62. The van der Waals surface area contributed by atoms with Crippen LogP contribution in [-0.2, 0) is 9.53 Å². The Morgan fingerprint density at radius 3 is 1.85 bits per heavy atom. The molecule has 0 bridgehead atoms. The first-order valence-corrected chi connectivity index (χ1v) is 12.7. The fourth-order valence-electron chi connectivity index (χ4n) is 4.98. The van der Waals surface area contributed by atoms with Gasteiger partial charge in [0.1, 0.15) is 19.0 Å². The Morgan fingerprint density at radius 1 is 0.735 bits per heavy atom. The number of ether oxygens (including phenoxy) is 2. The van der Waals surface area contributed by atoms with Gasteiger partial charge in [-0.1, -0.05) is 6.07 Å². The number of carbonyl (C=O) groups excluding carboxylic acids is 1. The van der Waals surface area contributed by atoms with Crippen molar-refractivity contribution in [2.75, 3.05) is 26.3 Å². The Labute approximate surface area is 206 Å². The summed E-state index contributed by atoms with van der Waals surface area (Å²) in [6, 6.07) is 7.93. The van der Waals surface area contributed by atoms with E-state index in [0.717, 1.165) is 35.5 Å². The van der Waals surface area contributed by atoms with E-state index in [1.54, 1.807) is 0 Å². The number of benzene rings is 1. The number of allylic oxidation sites excluding steroid dienone is 4. The Morgan fingerprint density at radius 2 is 1.29 bits per heavy atom. The van der Waals surface area contributed by atoms with Gasteiger partial charge in [0.15, 0.2) is 5.76 Å². The lowest BCUT2D eigenvalue weighted by molar-refractivity contribution is -0.115. The molecule has 0 amide bonds. The zero-order valence-electron chi connectivity index (χ0n) is 22.2. The molecule has 0 atom stereocenters. The molecule has 2 aliphatic carbocycles. The van der Waals surface area contributed by atoms with Crippen LogP contribution < -0.4 is 4.74 Å². The van der Waals surface area contributed by atoms with E-state index in [2.05, 4.69) is 71.3 Å². The van der Waals surface area contributed by atoms with Crippen molar-refractivity contribution < 1.29 is 14.3 Å². The molecular weight excluding hydrogens is 424 g/mol. The minimum atomic E-state index is -0.0404. The van der Waals surface area contributed by atoms with Crippen molar-refractivity contribution in [1.29, 1.82) is 0 Å². The SMILES string of the molecule is CC(C)N(CCOC1=CC=C2C(=Cc3cc(OCCN(C(C)C)C(C)C)ccc32)C1=O)C(C)C. The van der Waals surface area contributed by atoms with Gasteiger partial charge in [0.2, 0.25) is 5.78 Å². The monoisotopic (exact) mass is 466 g/mol. The number of fused-ring (bicyclic) bond motifs is 3. The molecular formula is C29H42N2O3. The predicted octanol–water partition coefficient (Wildman–Crippen LogP) is 5.57. The summed E-state index contributed by atoms with van der Waals surface area (Å²) in [5, 5.41) is 0. The lowest BCUT2D eigenvalue weighted by atomic mass is 9.95. The molecule has 0 saturated carbocycles. The fraction of sp³-hybridized carbons (Fsp3) is 0.552.